The molecule has 0 aromatic heterocycles. The van der Waals surface area contributed by atoms with Crippen LogP contribution >= 0.6 is 23.2 Å². The van der Waals surface area contributed by atoms with E-state index in [1.165, 1.54) is 5.56 Å². The maximum Gasteiger partial charge on any atom is 0.119 e. The molecule has 0 heterocycles. The number of hydrogen-bond acceptors (Lipinski definition) is 1. The minimum absolute atomic E-state index is 0.318. The Balaban J connectivity index is 2.30. The molecule has 2 aromatic carbocycles. The van der Waals surface area contributed by atoms with Crippen molar-refractivity contribution in [1.82, 2.24) is 0 Å². The zero-order valence-corrected chi connectivity index (χ0v) is 11.6. The molecule has 1 nitrogen and oxygen atoms in total. The summed E-state index contributed by atoms with van der Waals surface area (Å²) in [5.74, 6) is 0.318. The van der Waals surface area contributed by atoms with Crippen molar-refractivity contribution < 1.29 is 5.11 Å². The first kappa shape index (κ1) is 13.3. The Morgan fingerprint density at radius 2 is 1.67 bits per heavy atom. The second-order valence-corrected chi connectivity index (χ2v) is 5.06. The summed E-state index contributed by atoms with van der Waals surface area (Å²) in [7, 11) is 0. The maximum atomic E-state index is 9.86. The minimum Gasteiger partial charge on any atom is -0.508 e. The standard InChI is InChI=1S/C15H14Cl2O/c1-2-10-4-6-15(18)12(7-10)8-11-3-5-13(16)14(17)9-11/h3-7,9,18H,2,8H2,1H3. The lowest BCUT2D eigenvalue weighted by Gasteiger charge is -2.08. The average Bonchev–Trinajstić information content (AvgIpc) is 2.36. The van der Waals surface area contributed by atoms with Crippen molar-refractivity contribution in [3.05, 3.63) is 63.1 Å². The van der Waals surface area contributed by atoms with Gasteiger partial charge < -0.3 is 5.11 Å². The molecule has 0 saturated carbocycles. The highest BCUT2D eigenvalue weighted by Crippen LogP contribution is 2.26. The molecule has 0 radical (unpaired) electrons. The topological polar surface area (TPSA) is 20.2 Å². The predicted octanol–water partition coefficient (Wildman–Crippen LogP) is 4.85. The summed E-state index contributed by atoms with van der Waals surface area (Å²) in [5.41, 5.74) is 3.16. The number of halogens is 2. The van der Waals surface area contributed by atoms with Gasteiger partial charge in [0.15, 0.2) is 0 Å². The molecule has 0 atom stereocenters. The van der Waals surface area contributed by atoms with Gasteiger partial charge in [0.25, 0.3) is 0 Å². The first-order valence-corrected chi connectivity index (χ1v) is 6.60. The van der Waals surface area contributed by atoms with Gasteiger partial charge in [-0.1, -0.05) is 48.3 Å². The molecule has 0 amide bonds. The third-order valence-electron chi connectivity index (χ3n) is 2.93. The van der Waals surface area contributed by atoms with Crippen molar-refractivity contribution >= 4 is 23.2 Å². The Hall–Kier alpha value is -1.18. The lowest BCUT2D eigenvalue weighted by molar-refractivity contribution is 0.469. The van der Waals surface area contributed by atoms with Crippen LogP contribution in [0.5, 0.6) is 5.75 Å². The van der Waals surface area contributed by atoms with Crippen molar-refractivity contribution in [2.75, 3.05) is 0 Å². The van der Waals surface area contributed by atoms with E-state index in [1.807, 2.05) is 24.3 Å². The fraction of sp³-hybridized carbons (Fsp3) is 0.200. The normalized spacial score (nSPS) is 10.6. The highest BCUT2D eigenvalue weighted by molar-refractivity contribution is 6.42. The summed E-state index contributed by atoms with van der Waals surface area (Å²) in [6, 6.07) is 11.2. The number of aromatic hydroxyl groups is 1. The average molecular weight is 281 g/mol. The molecule has 2 rings (SSSR count). The van der Waals surface area contributed by atoms with E-state index in [9.17, 15) is 5.11 Å². The van der Waals surface area contributed by atoms with Crippen LogP contribution in [-0.4, -0.2) is 5.11 Å². The van der Waals surface area contributed by atoms with E-state index in [0.717, 1.165) is 17.5 Å². The highest BCUT2D eigenvalue weighted by Gasteiger charge is 2.05. The quantitative estimate of drug-likeness (QED) is 0.852. The van der Waals surface area contributed by atoms with E-state index in [1.54, 1.807) is 12.1 Å². The molecule has 94 valence electrons. The summed E-state index contributed by atoms with van der Waals surface area (Å²) >= 11 is 11.9. The Morgan fingerprint density at radius 1 is 0.944 bits per heavy atom. The van der Waals surface area contributed by atoms with Gasteiger partial charge >= 0.3 is 0 Å². The van der Waals surface area contributed by atoms with Gasteiger partial charge in [-0.25, -0.2) is 0 Å². The van der Waals surface area contributed by atoms with Crippen LogP contribution in [0.15, 0.2) is 36.4 Å². The molecule has 0 unspecified atom stereocenters. The highest BCUT2D eigenvalue weighted by atomic mass is 35.5. The fourth-order valence-electron chi connectivity index (χ4n) is 1.87. The van der Waals surface area contributed by atoms with Crippen LogP contribution in [0.25, 0.3) is 0 Å². The maximum absolute atomic E-state index is 9.86. The number of rotatable bonds is 3. The van der Waals surface area contributed by atoms with Gasteiger partial charge in [-0.3, -0.25) is 0 Å². The molecule has 3 heteroatoms. The molecule has 0 aliphatic rings. The molecule has 18 heavy (non-hydrogen) atoms. The SMILES string of the molecule is CCc1ccc(O)c(Cc2ccc(Cl)c(Cl)c2)c1. The first-order chi connectivity index (χ1) is 8.60. The lowest BCUT2D eigenvalue weighted by Crippen LogP contribution is -1.91. The number of phenols is 1. The zero-order valence-electron chi connectivity index (χ0n) is 10.1. The molecule has 0 aliphatic carbocycles. The zero-order chi connectivity index (χ0) is 13.1. The monoisotopic (exact) mass is 280 g/mol. The molecule has 0 aliphatic heterocycles. The molecule has 0 saturated heterocycles. The molecule has 0 bridgehead atoms. The van der Waals surface area contributed by atoms with Gasteiger partial charge in [-0.05, 0) is 41.3 Å². The third kappa shape index (κ3) is 2.98. The summed E-state index contributed by atoms with van der Waals surface area (Å²) in [5, 5.41) is 10.9. The summed E-state index contributed by atoms with van der Waals surface area (Å²) < 4.78 is 0. The number of phenolic OH excluding ortho intramolecular Hbond substituents is 1. The Morgan fingerprint density at radius 3 is 2.33 bits per heavy atom. The van der Waals surface area contributed by atoms with Crippen LogP contribution in [-0.2, 0) is 12.8 Å². The van der Waals surface area contributed by atoms with Crippen molar-refractivity contribution in [2.45, 2.75) is 19.8 Å². The van der Waals surface area contributed by atoms with E-state index in [-0.39, 0.29) is 0 Å². The third-order valence-corrected chi connectivity index (χ3v) is 3.67. The molecule has 1 N–H and O–H groups in total. The fourth-order valence-corrected chi connectivity index (χ4v) is 2.19. The van der Waals surface area contributed by atoms with Gasteiger partial charge in [0.1, 0.15) is 5.75 Å². The van der Waals surface area contributed by atoms with Gasteiger partial charge in [0.2, 0.25) is 0 Å². The summed E-state index contributed by atoms with van der Waals surface area (Å²) in [6.07, 6.45) is 1.60. The Bertz CT molecular complexity index is 564. The van der Waals surface area contributed by atoms with Crippen LogP contribution in [0.1, 0.15) is 23.6 Å². The van der Waals surface area contributed by atoms with E-state index < -0.39 is 0 Å². The number of hydrogen-bond donors (Lipinski definition) is 1. The molecule has 0 spiro atoms. The molecule has 2 aromatic rings. The summed E-state index contributed by atoms with van der Waals surface area (Å²) in [6.45, 7) is 2.09. The second-order valence-electron chi connectivity index (χ2n) is 4.24. The van der Waals surface area contributed by atoms with Crippen molar-refractivity contribution in [2.24, 2.45) is 0 Å². The van der Waals surface area contributed by atoms with Gasteiger partial charge in [0.05, 0.1) is 10.0 Å². The van der Waals surface area contributed by atoms with Crippen LogP contribution < -0.4 is 0 Å². The minimum atomic E-state index is 0.318. The molecular weight excluding hydrogens is 267 g/mol. The Kier molecular flexibility index (Phi) is 4.15. The largest absolute Gasteiger partial charge is 0.508 e. The van der Waals surface area contributed by atoms with Gasteiger partial charge in [0, 0.05) is 6.42 Å². The van der Waals surface area contributed by atoms with Crippen molar-refractivity contribution in [3.8, 4) is 5.75 Å². The second kappa shape index (κ2) is 5.64. The smallest absolute Gasteiger partial charge is 0.119 e. The first-order valence-electron chi connectivity index (χ1n) is 5.85. The van der Waals surface area contributed by atoms with Crippen LogP contribution in [0, 0.1) is 0 Å². The van der Waals surface area contributed by atoms with E-state index in [4.69, 9.17) is 23.2 Å². The van der Waals surface area contributed by atoms with E-state index in [0.29, 0.717) is 22.2 Å². The molecular formula is C15H14Cl2O. The van der Waals surface area contributed by atoms with Gasteiger partial charge in [-0.15, -0.1) is 0 Å². The van der Waals surface area contributed by atoms with Gasteiger partial charge in [-0.2, -0.15) is 0 Å². The van der Waals surface area contributed by atoms with Crippen LogP contribution in [0.3, 0.4) is 0 Å². The molecule has 0 fully saturated rings. The predicted molar refractivity (Wildman–Crippen MR) is 76.8 cm³/mol. The van der Waals surface area contributed by atoms with E-state index in [2.05, 4.69) is 6.92 Å². The van der Waals surface area contributed by atoms with Crippen molar-refractivity contribution in [1.29, 1.82) is 0 Å². The van der Waals surface area contributed by atoms with Crippen LogP contribution in [0.2, 0.25) is 10.0 Å². The van der Waals surface area contributed by atoms with E-state index >= 15 is 0 Å². The summed E-state index contributed by atoms with van der Waals surface area (Å²) in [4.78, 5) is 0. The van der Waals surface area contributed by atoms with Crippen LogP contribution in [0.4, 0.5) is 0 Å². The van der Waals surface area contributed by atoms with Crippen molar-refractivity contribution in [3.63, 3.8) is 0 Å². The number of benzene rings is 2. The lowest BCUT2D eigenvalue weighted by atomic mass is 10.0. The number of aryl methyl sites for hydroxylation is 1. The Labute approximate surface area is 117 Å².